The lowest BCUT2D eigenvalue weighted by Gasteiger charge is -2.00. The maximum Gasteiger partial charge on any atom is 0.0568 e. The minimum atomic E-state index is 0.989. The minimum Gasteiger partial charge on any atom is -0.272 e. The first kappa shape index (κ1) is 10.7. The predicted octanol–water partition coefficient (Wildman–Crippen LogP) is 3.56. The van der Waals surface area contributed by atoms with Crippen molar-refractivity contribution in [1.82, 2.24) is 9.78 Å². The standard InChI is InChI=1S/C12H13IN2/c1-2-7-15-9-10(8-14-15)11-5-3-4-6-12(11)13/h3-6,8-9H,2,7H2,1H3. The normalized spacial score (nSPS) is 10.5. The van der Waals surface area contributed by atoms with Crippen LogP contribution in [-0.4, -0.2) is 9.78 Å². The van der Waals surface area contributed by atoms with Crippen molar-refractivity contribution in [2.75, 3.05) is 0 Å². The topological polar surface area (TPSA) is 17.8 Å². The first-order chi connectivity index (χ1) is 7.31. The van der Waals surface area contributed by atoms with Gasteiger partial charge < -0.3 is 0 Å². The van der Waals surface area contributed by atoms with Gasteiger partial charge in [-0.25, -0.2) is 0 Å². The van der Waals surface area contributed by atoms with E-state index in [0.717, 1.165) is 13.0 Å². The number of hydrogen-bond acceptors (Lipinski definition) is 1. The molecule has 0 aliphatic rings. The molecule has 0 radical (unpaired) electrons. The summed E-state index contributed by atoms with van der Waals surface area (Å²) in [6.07, 6.45) is 5.17. The van der Waals surface area contributed by atoms with Crippen molar-refractivity contribution in [2.24, 2.45) is 0 Å². The fraction of sp³-hybridized carbons (Fsp3) is 0.250. The molecule has 1 aromatic carbocycles. The third kappa shape index (κ3) is 2.40. The Bertz CT molecular complexity index is 448. The summed E-state index contributed by atoms with van der Waals surface area (Å²) in [6.45, 7) is 3.15. The zero-order valence-electron chi connectivity index (χ0n) is 8.65. The molecule has 78 valence electrons. The quantitative estimate of drug-likeness (QED) is 0.792. The van der Waals surface area contributed by atoms with E-state index in [1.54, 1.807) is 0 Å². The predicted molar refractivity (Wildman–Crippen MR) is 70.7 cm³/mol. The molecule has 0 saturated heterocycles. The summed E-state index contributed by atoms with van der Waals surface area (Å²) in [5, 5.41) is 4.34. The summed E-state index contributed by atoms with van der Waals surface area (Å²) < 4.78 is 3.27. The van der Waals surface area contributed by atoms with Crippen molar-refractivity contribution in [3.8, 4) is 11.1 Å². The molecule has 15 heavy (non-hydrogen) atoms. The van der Waals surface area contributed by atoms with Gasteiger partial charge in [-0.2, -0.15) is 5.10 Å². The molecular formula is C12H13IN2. The van der Waals surface area contributed by atoms with Crippen LogP contribution in [0.1, 0.15) is 13.3 Å². The van der Waals surface area contributed by atoms with Gasteiger partial charge in [0.05, 0.1) is 6.20 Å². The Hall–Kier alpha value is -0.840. The number of halogens is 1. The van der Waals surface area contributed by atoms with Gasteiger partial charge in [0.1, 0.15) is 0 Å². The Morgan fingerprint density at radius 3 is 2.87 bits per heavy atom. The Kier molecular flexibility index (Phi) is 3.41. The lowest BCUT2D eigenvalue weighted by atomic mass is 10.1. The van der Waals surface area contributed by atoms with Crippen molar-refractivity contribution in [1.29, 1.82) is 0 Å². The van der Waals surface area contributed by atoms with Crippen LogP contribution in [-0.2, 0) is 6.54 Å². The maximum absolute atomic E-state index is 4.34. The van der Waals surface area contributed by atoms with E-state index in [1.807, 2.05) is 10.9 Å². The van der Waals surface area contributed by atoms with Crippen molar-refractivity contribution < 1.29 is 0 Å². The Morgan fingerprint density at radius 1 is 1.33 bits per heavy atom. The van der Waals surface area contributed by atoms with Crippen LogP contribution in [0.25, 0.3) is 11.1 Å². The fourth-order valence-electron chi connectivity index (χ4n) is 1.55. The summed E-state index contributed by atoms with van der Waals surface area (Å²) in [7, 11) is 0. The molecule has 2 nitrogen and oxygen atoms in total. The fourth-order valence-corrected chi connectivity index (χ4v) is 2.25. The largest absolute Gasteiger partial charge is 0.272 e. The number of aromatic nitrogens is 2. The van der Waals surface area contributed by atoms with Gasteiger partial charge in [0.25, 0.3) is 0 Å². The molecular weight excluding hydrogens is 299 g/mol. The van der Waals surface area contributed by atoms with Crippen LogP contribution in [0.15, 0.2) is 36.7 Å². The highest BCUT2D eigenvalue weighted by atomic mass is 127. The Labute approximate surface area is 103 Å². The van der Waals surface area contributed by atoms with Crippen molar-refractivity contribution in [3.05, 3.63) is 40.2 Å². The highest BCUT2D eigenvalue weighted by Gasteiger charge is 2.04. The highest BCUT2D eigenvalue weighted by Crippen LogP contribution is 2.24. The van der Waals surface area contributed by atoms with Crippen LogP contribution >= 0.6 is 22.6 Å². The monoisotopic (exact) mass is 312 g/mol. The van der Waals surface area contributed by atoms with Crippen molar-refractivity contribution in [3.63, 3.8) is 0 Å². The van der Waals surface area contributed by atoms with E-state index >= 15 is 0 Å². The van der Waals surface area contributed by atoms with E-state index in [2.05, 4.69) is 65.1 Å². The van der Waals surface area contributed by atoms with Crippen molar-refractivity contribution in [2.45, 2.75) is 19.9 Å². The molecule has 0 aliphatic carbocycles. The summed E-state index contributed by atoms with van der Waals surface area (Å²) in [5.74, 6) is 0. The van der Waals surface area contributed by atoms with Gasteiger partial charge in [-0.1, -0.05) is 25.1 Å². The van der Waals surface area contributed by atoms with Gasteiger partial charge in [-0.15, -0.1) is 0 Å². The highest BCUT2D eigenvalue weighted by molar-refractivity contribution is 14.1. The van der Waals surface area contributed by atoms with Gasteiger partial charge in [0.15, 0.2) is 0 Å². The second-order valence-corrected chi connectivity index (χ2v) is 4.63. The van der Waals surface area contributed by atoms with Crippen molar-refractivity contribution >= 4 is 22.6 Å². The summed E-state index contributed by atoms with van der Waals surface area (Å²) >= 11 is 2.36. The van der Waals surface area contributed by atoms with Gasteiger partial charge in [0, 0.05) is 21.9 Å². The van der Waals surface area contributed by atoms with Crippen LogP contribution in [0.5, 0.6) is 0 Å². The number of nitrogens with zero attached hydrogens (tertiary/aromatic N) is 2. The second kappa shape index (κ2) is 4.79. The average Bonchev–Trinajstić information content (AvgIpc) is 2.68. The number of aryl methyl sites for hydroxylation is 1. The summed E-state index contributed by atoms with van der Waals surface area (Å²) in [4.78, 5) is 0. The molecule has 0 spiro atoms. The van der Waals surface area contributed by atoms with E-state index < -0.39 is 0 Å². The number of hydrogen-bond donors (Lipinski definition) is 0. The zero-order valence-corrected chi connectivity index (χ0v) is 10.8. The van der Waals surface area contributed by atoms with E-state index in [9.17, 15) is 0 Å². The van der Waals surface area contributed by atoms with Crippen LogP contribution in [0.2, 0.25) is 0 Å². The van der Waals surface area contributed by atoms with Crippen LogP contribution in [0.3, 0.4) is 0 Å². The van der Waals surface area contributed by atoms with Crippen LogP contribution < -0.4 is 0 Å². The van der Waals surface area contributed by atoms with E-state index in [1.165, 1.54) is 14.7 Å². The first-order valence-corrected chi connectivity index (χ1v) is 6.16. The molecule has 2 aromatic rings. The molecule has 0 atom stereocenters. The van der Waals surface area contributed by atoms with E-state index in [-0.39, 0.29) is 0 Å². The summed E-state index contributed by atoms with van der Waals surface area (Å²) in [5.41, 5.74) is 2.47. The molecule has 0 saturated carbocycles. The molecule has 0 aliphatic heterocycles. The first-order valence-electron chi connectivity index (χ1n) is 5.08. The van der Waals surface area contributed by atoms with Crippen LogP contribution in [0.4, 0.5) is 0 Å². The van der Waals surface area contributed by atoms with Gasteiger partial charge in [0.2, 0.25) is 0 Å². The molecule has 0 unspecified atom stereocenters. The number of benzene rings is 1. The molecule has 2 rings (SSSR count). The maximum atomic E-state index is 4.34. The molecule has 0 fully saturated rings. The molecule has 3 heteroatoms. The van der Waals surface area contributed by atoms with Gasteiger partial charge in [-0.05, 0) is 40.6 Å². The Morgan fingerprint density at radius 2 is 2.13 bits per heavy atom. The number of rotatable bonds is 3. The Balaban J connectivity index is 2.33. The molecule has 0 N–H and O–H groups in total. The van der Waals surface area contributed by atoms with Gasteiger partial charge in [-0.3, -0.25) is 4.68 Å². The smallest absolute Gasteiger partial charge is 0.0568 e. The average molecular weight is 312 g/mol. The molecule has 0 amide bonds. The van der Waals surface area contributed by atoms with Gasteiger partial charge >= 0.3 is 0 Å². The second-order valence-electron chi connectivity index (χ2n) is 3.47. The lowest BCUT2D eigenvalue weighted by Crippen LogP contribution is -1.95. The molecule has 0 bridgehead atoms. The SMILES string of the molecule is CCCn1cc(-c2ccccc2I)cn1. The summed E-state index contributed by atoms with van der Waals surface area (Å²) in [6, 6.07) is 8.37. The van der Waals surface area contributed by atoms with Crippen LogP contribution in [0, 0.1) is 3.57 Å². The lowest BCUT2D eigenvalue weighted by molar-refractivity contribution is 0.603. The zero-order chi connectivity index (χ0) is 10.7. The minimum absolute atomic E-state index is 0.989. The molecule has 1 heterocycles. The third-order valence-electron chi connectivity index (χ3n) is 2.27. The van der Waals surface area contributed by atoms with E-state index in [0.29, 0.717) is 0 Å². The van der Waals surface area contributed by atoms with E-state index in [4.69, 9.17) is 0 Å². The third-order valence-corrected chi connectivity index (χ3v) is 3.21. The molecule has 1 aromatic heterocycles.